The van der Waals surface area contributed by atoms with Crippen LogP contribution in [0.4, 0.5) is 0 Å². The lowest BCUT2D eigenvalue weighted by Crippen LogP contribution is -2.20. The zero-order chi connectivity index (χ0) is 11.3. The molecule has 0 aliphatic heterocycles. The molecule has 1 unspecified atom stereocenters. The Balaban J connectivity index is 2.83. The van der Waals surface area contributed by atoms with Gasteiger partial charge in [0.05, 0.1) is 16.6 Å². The summed E-state index contributed by atoms with van der Waals surface area (Å²) in [5, 5.41) is 4.40. The van der Waals surface area contributed by atoms with E-state index in [2.05, 4.69) is 18.2 Å². The van der Waals surface area contributed by atoms with E-state index in [0.717, 1.165) is 12.0 Å². The number of hydrogen-bond acceptors (Lipinski definition) is 1. The van der Waals surface area contributed by atoms with Gasteiger partial charge in [-0.05, 0) is 24.1 Å². The molecule has 1 atom stereocenters. The van der Waals surface area contributed by atoms with Crippen molar-refractivity contribution in [2.75, 3.05) is 6.54 Å². The molecule has 1 aromatic rings. The average Bonchev–Trinajstić information content (AvgIpc) is 2.24. The molecule has 3 heteroatoms. The molecule has 1 N–H and O–H groups in total. The molecule has 0 bridgehead atoms. The minimum absolute atomic E-state index is 0.232. The van der Waals surface area contributed by atoms with Gasteiger partial charge in [-0.15, -0.1) is 6.42 Å². The summed E-state index contributed by atoms with van der Waals surface area (Å²) in [7, 11) is 0. The van der Waals surface area contributed by atoms with E-state index in [-0.39, 0.29) is 6.04 Å². The Hall–Kier alpha value is -0.680. The highest BCUT2D eigenvalue weighted by atomic mass is 35.5. The van der Waals surface area contributed by atoms with Crippen molar-refractivity contribution in [3.05, 3.63) is 33.8 Å². The van der Waals surface area contributed by atoms with Gasteiger partial charge in [0.15, 0.2) is 0 Å². The van der Waals surface area contributed by atoms with Crippen molar-refractivity contribution >= 4 is 23.2 Å². The summed E-state index contributed by atoms with van der Waals surface area (Å²) in [6.45, 7) is 2.65. The van der Waals surface area contributed by atoms with Gasteiger partial charge in [0.25, 0.3) is 0 Å². The Morgan fingerprint density at radius 3 is 2.67 bits per heavy atom. The van der Waals surface area contributed by atoms with Gasteiger partial charge in [0.2, 0.25) is 0 Å². The van der Waals surface area contributed by atoms with Crippen LogP contribution in [0.15, 0.2) is 18.2 Å². The Labute approximate surface area is 101 Å². The second-order valence-corrected chi connectivity index (χ2v) is 4.03. The molecular weight excluding hydrogens is 229 g/mol. The van der Waals surface area contributed by atoms with Gasteiger partial charge in [-0.2, -0.15) is 0 Å². The van der Waals surface area contributed by atoms with Crippen molar-refractivity contribution in [1.82, 2.24) is 5.32 Å². The van der Waals surface area contributed by atoms with Gasteiger partial charge in [-0.3, -0.25) is 5.32 Å². The molecule has 0 radical (unpaired) electrons. The number of benzene rings is 1. The Bertz CT molecular complexity index is 368. The predicted molar refractivity (Wildman–Crippen MR) is 66.3 cm³/mol. The van der Waals surface area contributed by atoms with E-state index in [9.17, 15) is 0 Å². The summed E-state index contributed by atoms with van der Waals surface area (Å²) in [4.78, 5) is 0. The quantitative estimate of drug-likeness (QED) is 0.794. The second-order valence-electron chi connectivity index (χ2n) is 3.22. The third-order valence-electron chi connectivity index (χ3n) is 2.20. The van der Waals surface area contributed by atoms with E-state index >= 15 is 0 Å². The van der Waals surface area contributed by atoms with E-state index in [0.29, 0.717) is 16.6 Å². The van der Waals surface area contributed by atoms with Crippen molar-refractivity contribution < 1.29 is 0 Å². The van der Waals surface area contributed by atoms with E-state index in [1.165, 1.54) is 0 Å². The Morgan fingerprint density at radius 1 is 1.40 bits per heavy atom. The van der Waals surface area contributed by atoms with Gasteiger partial charge in [0, 0.05) is 6.04 Å². The third-order valence-corrected chi connectivity index (χ3v) is 2.94. The molecule has 0 aliphatic rings. The molecule has 0 saturated carbocycles. The summed E-state index contributed by atoms with van der Waals surface area (Å²) < 4.78 is 0. The molecule has 0 fully saturated rings. The topological polar surface area (TPSA) is 12.0 Å². The molecule has 80 valence electrons. The number of rotatable bonds is 4. The van der Waals surface area contributed by atoms with Crippen LogP contribution in [-0.4, -0.2) is 6.54 Å². The maximum atomic E-state index is 5.95. The molecule has 1 rings (SSSR count). The first-order chi connectivity index (χ1) is 7.19. The first kappa shape index (κ1) is 12.4. The van der Waals surface area contributed by atoms with E-state index in [1.807, 2.05) is 12.1 Å². The van der Waals surface area contributed by atoms with Crippen LogP contribution in [-0.2, 0) is 0 Å². The zero-order valence-electron chi connectivity index (χ0n) is 8.56. The molecule has 0 aliphatic carbocycles. The van der Waals surface area contributed by atoms with Crippen LogP contribution in [0.5, 0.6) is 0 Å². The first-order valence-electron chi connectivity index (χ1n) is 4.80. The molecule has 0 heterocycles. The number of terminal acetylenes is 1. The van der Waals surface area contributed by atoms with Gasteiger partial charge >= 0.3 is 0 Å². The number of halogens is 2. The molecule has 0 aromatic heterocycles. The van der Waals surface area contributed by atoms with Crippen LogP contribution >= 0.6 is 23.2 Å². The standard InChI is InChI=1S/C12H13Cl2N/c1-3-7-15-12(4-2)9-5-6-10(13)11(14)8-9/h1,5-6,8,12,15H,4,7H2,2H3. The third kappa shape index (κ3) is 3.43. The van der Waals surface area contributed by atoms with Crippen LogP contribution in [0.1, 0.15) is 24.9 Å². The lowest BCUT2D eigenvalue weighted by atomic mass is 10.0. The lowest BCUT2D eigenvalue weighted by molar-refractivity contribution is 0.556. The van der Waals surface area contributed by atoms with Gasteiger partial charge in [-0.1, -0.05) is 42.1 Å². The summed E-state index contributed by atoms with van der Waals surface area (Å²) in [5.41, 5.74) is 1.11. The van der Waals surface area contributed by atoms with Crippen LogP contribution in [0, 0.1) is 12.3 Å². The van der Waals surface area contributed by atoms with Crippen molar-refractivity contribution in [2.24, 2.45) is 0 Å². The number of nitrogens with one attached hydrogen (secondary N) is 1. The molecule has 0 spiro atoms. The molecule has 1 aromatic carbocycles. The predicted octanol–water partition coefficient (Wildman–Crippen LogP) is 3.67. The second kappa shape index (κ2) is 6.02. The van der Waals surface area contributed by atoms with Crippen molar-refractivity contribution in [3.8, 4) is 12.3 Å². The summed E-state index contributed by atoms with van der Waals surface area (Å²) in [6, 6.07) is 5.88. The molecule has 15 heavy (non-hydrogen) atoms. The summed E-state index contributed by atoms with van der Waals surface area (Å²) in [6.07, 6.45) is 6.16. The van der Waals surface area contributed by atoms with Crippen LogP contribution in [0.25, 0.3) is 0 Å². The molecule has 1 nitrogen and oxygen atoms in total. The van der Waals surface area contributed by atoms with Crippen molar-refractivity contribution in [1.29, 1.82) is 0 Å². The smallest absolute Gasteiger partial charge is 0.0595 e. The average molecular weight is 242 g/mol. The zero-order valence-corrected chi connectivity index (χ0v) is 10.1. The highest BCUT2D eigenvalue weighted by Gasteiger charge is 2.09. The van der Waals surface area contributed by atoms with Crippen molar-refractivity contribution in [2.45, 2.75) is 19.4 Å². The van der Waals surface area contributed by atoms with Crippen LogP contribution in [0.3, 0.4) is 0 Å². The van der Waals surface area contributed by atoms with Crippen LogP contribution in [0.2, 0.25) is 10.0 Å². The van der Waals surface area contributed by atoms with Crippen molar-refractivity contribution in [3.63, 3.8) is 0 Å². The lowest BCUT2D eigenvalue weighted by Gasteiger charge is -2.16. The number of hydrogen-bond donors (Lipinski definition) is 1. The molecular formula is C12H13Cl2N. The minimum Gasteiger partial charge on any atom is -0.299 e. The fourth-order valence-electron chi connectivity index (χ4n) is 1.41. The van der Waals surface area contributed by atoms with Gasteiger partial charge in [-0.25, -0.2) is 0 Å². The van der Waals surface area contributed by atoms with Gasteiger partial charge in [0.1, 0.15) is 0 Å². The van der Waals surface area contributed by atoms with Gasteiger partial charge < -0.3 is 0 Å². The molecule has 0 saturated heterocycles. The summed E-state index contributed by atoms with van der Waals surface area (Å²) >= 11 is 11.8. The molecule has 0 amide bonds. The Morgan fingerprint density at radius 2 is 2.13 bits per heavy atom. The van der Waals surface area contributed by atoms with E-state index < -0.39 is 0 Å². The van der Waals surface area contributed by atoms with Crippen LogP contribution < -0.4 is 5.32 Å². The monoisotopic (exact) mass is 241 g/mol. The fraction of sp³-hybridized carbons (Fsp3) is 0.333. The maximum Gasteiger partial charge on any atom is 0.0595 e. The van der Waals surface area contributed by atoms with E-state index in [4.69, 9.17) is 29.6 Å². The summed E-state index contributed by atoms with van der Waals surface area (Å²) in [5.74, 6) is 2.56. The SMILES string of the molecule is C#CCNC(CC)c1ccc(Cl)c(Cl)c1. The largest absolute Gasteiger partial charge is 0.299 e. The highest BCUT2D eigenvalue weighted by molar-refractivity contribution is 6.42. The van der Waals surface area contributed by atoms with E-state index in [1.54, 1.807) is 6.07 Å². The normalized spacial score (nSPS) is 12.1. The minimum atomic E-state index is 0.232. The first-order valence-corrected chi connectivity index (χ1v) is 5.56. The highest BCUT2D eigenvalue weighted by Crippen LogP contribution is 2.26. The fourth-order valence-corrected chi connectivity index (χ4v) is 1.72. The Kier molecular flexibility index (Phi) is 4.98. The maximum absolute atomic E-state index is 5.95.